The largest absolute Gasteiger partial charge is 0.443 e. The van der Waals surface area contributed by atoms with Crippen molar-refractivity contribution in [1.82, 2.24) is 9.29 Å². The minimum Gasteiger partial charge on any atom is -0.443 e. The molecule has 0 bridgehead atoms. The van der Waals surface area contributed by atoms with Crippen molar-refractivity contribution in [3.63, 3.8) is 0 Å². The molecule has 0 aliphatic heterocycles. The number of rotatable bonds is 4. The fourth-order valence-corrected chi connectivity index (χ4v) is 3.47. The molecule has 0 saturated carbocycles. The van der Waals surface area contributed by atoms with Crippen LogP contribution in [0.4, 0.5) is 4.79 Å². The van der Waals surface area contributed by atoms with Gasteiger partial charge in [0, 0.05) is 10.7 Å². The molecule has 0 aliphatic rings. The average Bonchev–Trinajstić information content (AvgIpc) is 2.52. The number of pyridine rings is 1. The summed E-state index contributed by atoms with van der Waals surface area (Å²) in [7, 11) is -4.09. The number of benzene rings is 1. The van der Waals surface area contributed by atoms with Crippen LogP contribution in [0, 0.1) is 0 Å². The second kappa shape index (κ2) is 7.53. The van der Waals surface area contributed by atoms with Crippen molar-refractivity contribution in [2.24, 2.45) is 0 Å². The van der Waals surface area contributed by atoms with Crippen LogP contribution in [0.15, 0.2) is 58.0 Å². The van der Waals surface area contributed by atoms with Crippen molar-refractivity contribution in [2.45, 2.75) is 37.8 Å². The summed E-state index contributed by atoms with van der Waals surface area (Å²) in [6.45, 7) is 4.82. The number of ether oxygens (including phenoxy) is 1. The summed E-state index contributed by atoms with van der Waals surface area (Å²) in [6.07, 6.45) is 0.593. The quantitative estimate of drug-likeness (QED) is 0.738. The van der Waals surface area contributed by atoms with Gasteiger partial charge < -0.3 is 4.74 Å². The van der Waals surface area contributed by atoms with E-state index >= 15 is 0 Å². The lowest BCUT2D eigenvalue weighted by atomic mass is 10.2. The summed E-state index contributed by atoms with van der Waals surface area (Å²) < 4.78 is 32.6. The lowest BCUT2D eigenvalue weighted by molar-refractivity contribution is 0.0380. The fourth-order valence-electron chi connectivity index (χ4n) is 1.93. The van der Waals surface area contributed by atoms with E-state index < -0.39 is 21.7 Å². The number of amides is 1. The van der Waals surface area contributed by atoms with Crippen LogP contribution in [0.3, 0.4) is 0 Å². The van der Waals surface area contributed by atoms with E-state index in [4.69, 9.17) is 4.74 Å². The van der Waals surface area contributed by atoms with E-state index in [1.807, 2.05) is 0 Å². The molecule has 8 heteroatoms. The normalized spacial score (nSPS) is 11.8. The summed E-state index contributed by atoms with van der Waals surface area (Å²) in [5, 5.41) is 0. The Bertz CT molecular complexity index is 831. The molecule has 2 rings (SSSR count). The SMILES string of the molecule is CC(C)(C)OC(=O)N(Cc1ccccn1)S(=O)(=O)c1ccc(Br)cc1. The third-order valence-corrected chi connectivity index (χ3v) is 5.29. The number of hydrogen-bond donors (Lipinski definition) is 0. The fraction of sp³-hybridized carbons (Fsp3) is 0.294. The van der Waals surface area contributed by atoms with Crippen molar-refractivity contribution >= 4 is 32.0 Å². The molecule has 1 amide bonds. The molecule has 0 radical (unpaired) electrons. The highest BCUT2D eigenvalue weighted by atomic mass is 79.9. The van der Waals surface area contributed by atoms with Crippen LogP contribution < -0.4 is 0 Å². The highest BCUT2D eigenvalue weighted by Crippen LogP contribution is 2.22. The number of sulfonamides is 1. The Kier molecular flexibility index (Phi) is 5.84. The summed E-state index contributed by atoms with van der Waals surface area (Å²) in [5.74, 6) is 0. The number of carbonyl (C=O) groups excluding carboxylic acids is 1. The molecule has 1 aromatic carbocycles. The van der Waals surface area contributed by atoms with Crippen molar-refractivity contribution in [2.75, 3.05) is 0 Å². The standard InChI is InChI=1S/C17H19BrN2O4S/c1-17(2,3)24-16(21)20(12-14-6-4-5-11-19-14)25(22,23)15-9-7-13(18)8-10-15/h4-11H,12H2,1-3H3. The van der Waals surface area contributed by atoms with Crippen LogP contribution in [0.1, 0.15) is 26.5 Å². The van der Waals surface area contributed by atoms with Crippen molar-refractivity contribution in [3.05, 3.63) is 58.8 Å². The summed E-state index contributed by atoms with van der Waals surface area (Å²) in [4.78, 5) is 16.6. The van der Waals surface area contributed by atoms with Crippen molar-refractivity contribution in [3.8, 4) is 0 Å². The van der Waals surface area contributed by atoms with Crippen LogP contribution in [0.25, 0.3) is 0 Å². The van der Waals surface area contributed by atoms with E-state index in [-0.39, 0.29) is 11.4 Å². The Morgan fingerprint density at radius 2 is 1.80 bits per heavy atom. The van der Waals surface area contributed by atoms with Gasteiger partial charge in [-0.15, -0.1) is 0 Å². The molecule has 0 spiro atoms. The van der Waals surface area contributed by atoms with Gasteiger partial charge in [0.15, 0.2) is 0 Å². The second-order valence-corrected chi connectivity index (χ2v) is 9.05. The Morgan fingerprint density at radius 1 is 1.16 bits per heavy atom. The molecule has 134 valence electrons. The predicted molar refractivity (Wildman–Crippen MR) is 97.3 cm³/mol. The molecule has 2 aromatic rings. The molecule has 6 nitrogen and oxygen atoms in total. The molecule has 0 N–H and O–H groups in total. The zero-order chi connectivity index (χ0) is 18.7. The summed E-state index contributed by atoms with van der Waals surface area (Å²) >= 11 is 3.26. The topological polar surface area (TPSA) is 76.6 Å². The Labute approximate surface area is 156 Å². The monoisotopic (exact) mass is 426 g/mol. The Balaban J connectivity index is 2.42. The van der Waals surface area contributed by atoms with Gasteiger partial charge >= 0.3 is 6.09 Å². The first-order valence-corrected chi connectivity index (χ1v) is 9.74. The number of aromatic nitrogens is 1. The minimum absolute atomic E-state index is 0.00232. The predicted octanol–water partition coefficient (Wildman–Crippen LogP) is 3.97. The Hall–Kier alpha value is -1.93. The first-order valence-electron chi connectivity index (χ1n) is 7.51. The number of hydrogen-bond acceptors (Lipinski definition) is 5. The van der Waals surface area contributed by atoms with Gasteiger partial charge in [0.2, 0.25) is 0 Å². The van der Waals surface area contributed by atoms with Gasteiger partial charge in [-0.2, -0.15) is 4.31 Å². The van der Waals surface area contributed by atoms with E-state index in [1.54, 1.807) is 51.1 Å². The molecule has 0 aliphatic carbocycles. The average molecular weight is 427 g/mol. The highest BCUT2D eigenvalue weighted by Gasteiger charge is 2.33. The van der Waals surface area contributed by atoms with Crippen LogP contribution in [-0.2, 0) is 21.3 Å². The van der Waals surface area contributed by atoms with E-state index in [0.29, 0.717) is 10.00 Å². The molecule has 0 saturated heterocycles. The van der Waals surface area contributed by atoms with Gasteiger partial charge in [0.25, 0.3) is 10.0 Å². The van der Waals surface area contributed by atoms with Gasteiger partial charge in [0.05, 0.1) is 17.1 Å². The molecule has 25 heavy (non-hydrogen) atoms. The van der Waals surface area contributed by atoms with Crippen LogP contribution >= 0.6 is 15.9 Å². The summed E-state index contributed by atoms with van der Waals surface area (Å²) in [5.41, 5.74) is -0.386. The minimum atomic E-state index is -4.09. The van der Waals surface area contributed by atoms with Crippen LogP contribution in [0.2, 0.25) is 0 Å². The highest BCUT2D eigenvalue weighted by molar-refractivity contribution is 9.10. The lowest BCUT2D eigenvalue weighted by Gasteiger charge is -2.26. The zero-order valence-corrected chi connectivity index (χ0v) is 16.5. The van der Waals surface area contributed by atoms with Gasteiger partial charge in [-0.1, -0.05) is 22.0 Å². The van der Waals surface area contributed by atoms with Crippen molar-refractivity contribution in [1.29, 1.82) is 0 Å². The van der Waals surface area contributed by atoms with Gasteiger partial charge in [-0.3, -0.25) is 4.98 Å². The molecule has 1 heterocycles. The lowest BCUT2D eigenvalue weighted by Crippen LogP contribution is -2.40. The number of halogens is 1. The Morgan fingerprint density at radius 3 is 2.32 bits per heavy atom. The summed E-state index contributed by atoms with van der Waals surface area (Å²) in [6, 6.07) is 11.1. The van der Waals surface area contributed by atoms with E-state index in [9.17, 15) is 13.2 Å². The third-order valence-electron chi connectivity index (χ3n) is 3.03. The van der Waals surface area contributed by atoms with E-state index in [0.717, 1.165) is 4.47 Å². The first kappa shape index (κ1) is 19.4. The van der Waals surface area contributed by atoms with Gasteiger partial charge in [-0.05, 0) is 57.2 Å². The van der Waals surface area contributed by atoms with E-state index in [1.165, 1.54) is 18.3 Å². The van der Waals surface area contributed by atoms with Gasteiger partial charge in [0.1, 0.15) is 5.60 Å². The van der Waals surface area contributed by atoms with Crippen LogP contribution in [-0.4, -0.2) is 29.4 Å². The number of nitrogens with zero attached hydrogens (tertiary/aromatic N) is 2. The van der Waals surface area contributed by atoms with E-state index in [2.05, 4.69) is 20.9 Å². The number of carbonyl (C=O) groups is 1. The maximum absolute atomic E-state index is 13.0. The molecule has 0 unspecified atom stereocenters. The second-order valence-electron chi connectivity index (χ2n) is 6.27. The van der Waals surface area contributed by atoms with Gasteiger partial charge in [-0.25, -0.2) is 13.2 Å². The smallest absolute Gasteiger partial charge is 0.424 e. The zero-order valence-electron chi connectivity index (χ0n) is 14.1. The first-order chi connectivity index (χ1) is 11.6. The van der Waals surface area contributed by atoms with Crippen LogP contribution in [0.5, 0.6) is 0 Å². The van der Waals surface area contributed by atoms with Crippen molar-refractivity contribution < 1.29 is 17.9 Å². The maximum atomic E-state index is 13.0. The molecule has 0 fully saturated rings. The molecular weight excluding hydrogens is 408 g/mol. The maximum Gasteiger partial charge on any atom is 0.424 e. The third kappa shape index (κ3) is 5.27. The molecular formula is C17H19BrN2O4S. The molecule has 1 aromatic heterocycles. The molecule has 0 atom stereocenters.